The fourth-order valence-corrected chi connectivity index (χ4v) is 8.84. The summed E-state index contributed by atoms with van der Waals surface area (Å²) >= 11 is 0. The number of likely N-dealkylation sites (N-methyl/N-ethyl adjacent to an activating group) is 1. The Balaban J connectivity index is 5.43. The van der Waals surface area contributed by atoms with Gasteiger partial charge in [0.15, 0.2) is 0 Å². The molecule has 10 heteroatoms. The molecule has 0 radical (unpaired) electrons. The van der Waals surface area contributed by atoms with Crippen molar-refractivity contribution in [2.45, 2.75) is 277 Å². The van der Waals surface area contributed by atoms with E-state index in [1.807, 2.05) is 33.3 Å². The number of esters is 1. The van der Waals surface area contributed by atoms with Gasteiger partial charge in [0.25, 0.3) is 0 Å². The number of phosphoric ester groups is 1. The zero-order valence-corrected chi connectivity index (χ0v) is 45.8. The average molecular weight is 966 g/mol. The first kappa shape index (κ1) is 65.2. The van der Waals surface area contributed by atoms with Crippen LogP contribution in [0.2, 0.25) is 0 Å². The third kappa shape index (κ3) is 49.0. The highest BCUT2D eigenvalue weighted by Crippen LogP contribution is 2.43. The van der Waals surface area contributed by atoms with Gasteiger partial charge in [0, 0.05) is 12.8 Å². The highest BCUT2D eigenvalue weighted by Gasteiger charge is 2.30. The predicted molar refractivity (Wildman–Crippen MR) is 286 cm³/mol. The Hall–Kier alpha value is -1.77. The Morgan fingerprint density at radius 3 is 1.27 bits per heavy atom. The summed E-state index contributed by atoms with van der Waals surface area (Å²) in [6.07, 6.45) is 55.6. The van der Waals surface area contributed by atoms with Crippen molar-refractivity contribution in [3.63, 3.8) is 0 Å². The largest absolute Gasteiger partial charge is 0.472 e. The van der Waals surface area contributed by atoms with Crippen LogP contribution in [0.3, 0.4) is 0 Å². The van der Waals surface area contributed by atoms with E-state index in [0.29, 0.717) is 23.9 Å². The maximum Gasteiger partial charge on any atom is 0.472 e. The molecule has 2 N–H and O–H groups in total. The molecule has 0 saturated heterocycles. The second-order valence-electron chi connectivity index (χ2n) is 20.5. The van der Waals surface area contributed by atoms with Crippen molar-refractivity contribution in [2.24, 2.45) is 0 Å². The summed E-state index contributed by atoms with van der Waals surface area (Å²) in [6, 6.07) is -0.858. The molecule has 67 heavy (non-hydrogen) atoms. The minimum atomic E-state index is -4.45. The van der Waals surface area contributed by atoms with Crippen LogP contribution in [0.25, 0.3) is 0 Å². The smallest absolute Gasteiger partial charge is 0.456 e. The van der Waals surface area contributed by atoms with Gasteiger partial charge in [0.05, 0.1) is 33.8 Å². The van der Waals surface area contributed by atoms with E-state index in [0.717, 1.165) is 77.0 Å². The van der Waals surface area contributed by atoms with Gasteiger partial charge in [-0.1, -0.05) is 205 Å². The van der Waals surface area contributed by atoms with E-state index in [1.54, 1.807) is 0 Å². The number of quaternary nitrogens is 1. The number of carbonyl (C=O) groups is 2. The van der Waals surface area contributed by atoms with E-state index < -0.39 is 20.0 Å². The highest BCUT2D eigenvalue weighted by atomic mass is 31.2. The van der Waals surface area contributed by atoms with Crippen LogP contribution >= 0.6 is 7.82 Å². The van der Waals surface area contributed by atoms with Crippen LogP contribution in [-0.2, 0) is 27.9 Å². The van der Waals surface area contributed by atoms with Crippen molar-refractivity contribution in [1.29, 1.82) is 0 Å². The SMILES string of the molecule is CCCCCCCCC/C=C\CCCCCC(=O)NC(COP(=O)(O)OCC[N+](C)(C)C)C(/C=C/CCCCCCCCCCCCC)OC(=O)CCCCC/C=C\CCCCCCCCC. The van der Waals surface area contributed by atoms with Crippen molar-refractivity contribution in [1.82, 2.24) is 5.32 Å². The molecule has 9 nitrogen and oxygen atoms in total. The molecule has 0 aromatic heterocycles. The number of nitrogens with one attached hydrogen (secondary N) is 1. The summed E-state index contributed by atoms with van der Waals surface area (Å²) in [5, 5.41) is 3.03. The molecule has 1 amide bonds. The second kappa shape index (κ2) is 47.9. The number of amides is 1. The number of carbonyl (C=O) groups excluding carboxylic acids is 2. The maximum absolute atomic E-state index is 13.5. The number of allylic oxidation sites excluding steroid dienone is 5. The van der Waals surface area contributed by atoms with Crippen LogP contribution < -0.4 is 5.32 Å². The van der Waals surface area contributed by atoms with Gasteiger partial charge < -0.3 is 19.4 Å². The Morgan fingerprint density at radius 2 is 0.866 bits per heavy atom. The molecule has 0 aliphatic carbocycles. The summed E-state index contributed by atoms with van der Waals surface area (Å²) in [6.45, 7) is 6.99. The zero-order chi connectivity index (χ0) is 49.4. The highest BCUT2D eigenvalue weighted by molar-refractivity contribution is 7.47. The summed E-state index contributed by atoms with van der Waals surface area (Å²) in [4.78, 5) is 37.5. The van der Waals surface area contributed by atoms with Gasteiger partial charge in [-0.2, -0.15) is 0 Å². The fourth-order valence-electron chi connectivity index (χ4n) is 8.11. The predicted octanol–water partition coefficient (Wildman–Crippen LogP) is 16.8. The molecule has 0 aromatic carbocycles. The first-order chi connectivity index (χ1) is 32.4. The van der Waals surface area contributed by atoms with Crippen molar-refractivity contribution < 1.29 is 37.3 Å². The Morgan fingerprint density at radius 1 is 0.507 bits per heavy atom. The number of rotatable bonds is 51. The summed E-state index contributed by atoms with van der Waals surface area (Å²) in [7, 11) is 1.48. The van der Waals surface area contributed by atoms with Crippen LogP contribution in [0.1, 0.15) is 265 Å². The second-order valence-corrected chi connectivity index (χ2v) is 21.9. The van der Waals surface area contributed by atoms with E-state index in [4.69, 9.17) is 13.8 Å². The summed E-state index contributed by atoms with van der Waals surface area (Å²) in [5.74, 6) is -0.536. The first-order valence-corrected chi connectivity index (χ1v) is 29.8. The van der Waals surface area contributed by atoms with Crippen LogP contribution in [0, 0.1) is 0 Å². The number of hydrogen-bond acceptors (Lipinski definition) is 6. The minimum absolute atomic E-state index is 0.0366. The molecule has 0 aliphatic heterocycles. The molecule has 3 atom stereocenters. The van der Waals surface area contributed by atoms with Gasteiger partial charge in [-0.15, -0.1) is 0 Å². The zero-order valence-electron chi connectivity index (χ0n) is 44.9. The molecule has 0 rings (SSSR count). The van der Waals surface area contributed by atoms with Gasteiger partial charge in [0.1, 0.15) is 19.3 Å². The molecule has 3 unspecified atom stereocenters. The van der Waals surface area contributed by atoms with E-state index in [1.165, 1.54) is 148 Å². The topological polar surface area (TPSA) is 111 Å². The third-order valence-corrected chi connectivity index (χ3v) is 13.5. The van der Waals surface area contributed by atoms with Crippen LogP contribution in [0.4, 0.5) is 0 Å². The Labute approximate surface area is 415 Å². The molecule has 0 spiro atoms. The number of unbranched alkanes of at least 4 members (excludes halogenated alkanes) is 31. The lowest BCUT2D eigenvalue weighted by Gasteiger charge is -2.27. The lowest BCUT2D eigenvalue weighted by atomic mass is 10.0. The fraction of sp³-hybridized carbons (Fsp3) is 0.860. The van der Waals surface area contributed by atoms with Crippen LogP contribution in [0.5, 0.6) is 0 Å². The van der Waals surface area contributed by atoms with E-state index in [2.05, 4.69) is 50.4 Å². The molecule has 394 valence electrons. The van der Waals surface area contributed by atoms with Gasteiger partial charge >= 0.3 is 13.8 Å². The first-order valence-electron chi connectivity index (χ1n) is 28.3. The van der Waals surface area contributed by atoms with Crippen molar-refractivity contribution in [2.75, 3.05) is 40.9 Å². The number of hydrogen-bond donors (Lipinski definition) is 2. The Kier molecular flexibility index (Phi) is 46.6. The standard InChI is InChI=1S/C57H109N2O7P/c1-7-10-13-16-19-22-25-28-31-34-37-40-43-46-49-56(60)58-54(53-65-67(62,63)64-52-51-59(4,5)6)55(48-45-42-39-36-33-30-27-24-21-18-15-12-9-3)66-57(61)50-47-44-41-38-35-32-29-26-23-20-17-14-11-8-2/h31-32,34-35,45,48,54-55H,7-30,33,36-44,46-47,49-53H2,1-6H3,(H-,58,60,62,63)/p+1/b34-31-,35-32-,48-45+. The normalized spacial score (nSPS) is 14.1. The van der Waals surface area contributed by atoms with Gasteiger partial charge in [-0.3, -0.25) is 18.6 Å². The maximum atomic E-state index is 13.5. The average Bonchev–Trinajstić information content (AvgIpc) is 3.28. The number of nitrogens with zero attached hydrogens (tertiary/aromatic N) is 1. The van der Waals surface area contributed by atoms with Crippen LogP contribution in [-0.4, -0.2) is 74.3 Å². The monoisotopic (exact) mass is 966 g/mol. The summed E-state index contributed by atoms with van der Waals surface area (Å²) < 4.78 is 30.6. The van der Waals surface area contributed by atoms with Gasteiger partial charge in [-0.25, -0.2) is 4.57 Å². The number of ether oxygens (including phenoxy) is 1. The molecule has 0 aliphatic rings. The molecular formula is C57H110N2O7P+. The van der Waals surface area contributed by atoms with Crippen molar-refractivity contribution >= 4 is 19.7 Å². The van der Waals surface area contributed by atoms with E-state index in [-0.39, 0.29) is 31.5 Å². The van der Waals surface area contributed by atoms with Gasteiger partial charge in [0.2, 0.25) is 5.91 Å². The lowest BCUT2D eigenvalue weighted by Crippen LogP contribution is -2.47. The van der Waals surface area contributed by atoms with E-state index >= 15 is 0 Å². The molecule has 0 heterocycles. The minimum Gasteiger partial charge on any atom is -0.456 e. The van der Waals surface area contributed by atoms with Crippen molar-refractivity contribution in [3.8, 4) is 0 Å². The quantitative estimate of drug-likeness (QED) is 0.0205. The third-order valence-electron chi connectivity index (χ3n) is 12.6. The number of phosphoric acid groups is 1. The Bertz CT molecular complexity index is 1250. The molecule has 0 saturated carbocycles. The molecular weight excluding hydrogens is 856 g/mol. The molecule has 0 bridgehead atoms. The molecule has 0 aromatic rings. The van der Waals surface area contributed by atoms with Crippen molar-refractivity contribution in [3.05, 3.63) is 36.5 Å². The lowest BCUT2D eigenvalue weighted by molar-refractivity contribution is -0.870. The van der Waals surface area contributed by atoms with Crippen LogP contribution in [0.15, 0.2) is 36.5 Å². The van der Waals surface area contributed by atoms with Gasteiger partial charge in [-0.05, 0) is 83.1 Å². The van der Waals surface area contributed by atoms with E-state index in [9.17, 15) is 19.0 Å². The molecule has 0 fully saturated rings. The summed E-state index contributed by atoms with van der Waals surface area (Å²) in [5.41, 5.74) is 0.